The van der Waals surface area contributed by atoms with Gasteiger partial charge in [0, 0.05) is 17.1 Å². The van der Waals surface area contributed by atoms with Crippen molar-refractivity contribution in [2.75, 3.05) is 0 Å². The number of aromatic nitrogens is 1. The van der Waals surface area contributed by atoms with Gasteiger partial charge < -0.3 is 10.1 Å². The van der Waals surface area contributed by atoms with E-state index in [1.54, 1.807) is 0 Å². The van der Waals surface area contributed by atoms with Gasteiger partial charge in [-0.15, -0.1) is 0 Å². The molecule has 0 aliphatic carbocycles. The van der Waals surface area contributed by atoms with Crippen molar-refractivity contribution >= 4 is 16.9 Å². The van der Waals surface area contributed by atoms with Crippen molar-refractivity contribution in [3.63, 3.8) is 0 Å². The summed E-state index contributed by atoms with van der Waals surface area (Å²) in [5, 5.41) is 9.04. The zero-order valence-corrected chi connectivity index (χ0v) is 7.80. The standard InChI is InChI=1S/C10H6F3NO2/c11-10(12,13)7-3-5-1-2-14-8(5)4-6(7)9(15)16/h1-4,14H,(H,15,16). The second kappa shape index (κ2) is 3.26. The summed E-state index contributed by atoms with van der Waals surface area (Å²) >= 11 is 0. The number of H-pyrrole nitrogens is 1. The molecule has 0 atom stereocenters. The van der Waals surface area contributed by atoms with Crippen LogP contribution in [0.15, 0.2) is 24.4 Å². The van der Waals surface area contributed by atoms with E-state index in [1.807, 2.05) is 0 Å². The molecule has 0 radical (unpaired) electrons. The molecule has 0 bridgehead atoms. The minimum Gasteiger partial charge on any atom is -0.478 e. The van der Waals surface area contributed by atoms with E-state index in [0.717, 1.165) is 12.1 Å². The Morgan fingerprint density at radius 1 is 1.31 bits per heavy atom. The van der Waals surface area contributed by atoms with Crippen molar-refractivity contribution in [3.8, 4) is 0 Å². The van der Waals surface area contributed by atoms with Crippen LogP contribution in [0.1, 0.15) is 15.9 Å². The maximum Gasteiger partial charge on any atom is 0.417 e. The zero-order chi connectivity index (χ0) is 11.9. The number of hydrogen-bond donors (Lipinski definition) is 2. The lowest BCUT2D eigenvalue weighted by Gasteiger charge is -2.10. The molecule has 1 aromatic carbocycles. The predicted molar refractivity (Wildman–Crippen MR) is 50.3 cm³/mol. The third-order valence-electron chi connectivity index (χ3n) is 2.23. The molecule has 84 valence electrons. The average Bonchev–Trinajstić information content (AvgIpc) is 2.60. The molecule has 0 amide bonds. The highest BCUT2D eigenvalue weighted by Gasteiger charge is 2.35. The van der Waals surface area contributed by atoms with Crippen LogP contribution in [-0.4, -0.2) is 16.1 Å². The number of carboxylic acids is 1. The normalized spacial score (nSPS) is 11.9. The van der Waals surface area contributed by atoms with Crippen LogP contribution in [0.5, 0.6) is 0 Å². The molecule has 0 fully saturated rings. The van der Waals surface area contributed by atoms with Crippen LogP contribution in [-0.2, 0) is 6.18 Å². The molecule has 16 heavy (non-hydrogen) atoms. The topological polar surface area (TPSA) is 53.1 Å². The highest BCUT2D eigenvalue weighted by Crippen LogP contribution is 2.34. The molecule has 1 heterocycles. The number of fused-ring (bicyclic) bond motifs is 1. The molecule has 0 aliphatic heterocycles. The van der Waals surface area contributed by atoms with E-state index >= 15 is 0 Å². The SMILES string of the molecule is O=C(O)c1cc2[nH]ccc2cc1C(F)(F)F. The molecule has 0 aliphatic rings. The van der Waals surface area contributed by atoms with Gasteiger partial charge >= 0.3 is 12.1 Å². The Kier molecular flexibility index (Phi) is 2.15. The summed E-state index contributed by atoms with van der Waals surface area (Å²) in [7, 11) is 0. The highest BCUT2D eigenvalue weighted by atomic mass is 19.4. The summed E-state index contributed by atoms with van der Waals surface area (Å²) in [6.07, 6.45) is -3.21. The fourth-order valence-corrected chi connectivity index (χ4v) is 1.51. The Balaban J connectivity index is 2.77. The molecule has 2 N–H and O–H groups in total. The summed E-state index contributed by atoms with van der Waals surface area (Å²) < 4.78 is 37.7. The molecular weight excluding hydrogens is 223 g/mol. The van der Waals surface area contributed by atoms with Gasteiger partial charge in [0.25, 0.3) is 0 Å². The van der Waals surface area contributed by atoms with Crippen LogP contribution < -0.4 is 0 Å². The molecule has 6 heteroatoms. The van der Waals surface area contributed by atoms with Gasteiger partial charge in [0.1, 0.15) is 0 Å². The van der Waals surface area contributed by atoms with Crippen molar-refractivity contribution in [1.82, 2.24) is 4.98 Å². The lowest BCUT2D eigenvalue weighted by Crippen LogP contribution is -2.12. The van der Waals surface area contributed by atoms with Crippen molar-refractivity contribution in [1.29, 1.82) is 0 Å². The number of rotatable bonds is 1. The Hall–Kier alpha value is -1.98. The third kappa shape index (κ3) is 1.62. The summed E-state index contributed by atoms with van der Waals surface area (Å²) in [6, 6.07) is 3.27. The molecule has 2 rings (SSSR count). The van der Waals surface area contributed by atoms with Crippen molar-refractivity contribution in [2.45, 2.75) is 6.18 Å². The smallest absolute Gasteiger partial charge is 0.417 e. The molecular formula is C10H6F3NO2. The molecule has 0 unspecified atom stereocenters. The minimum absolute atomic E-state index is 0.331. The summed E-state index contributed by atoms with van der Waals surface area (Å²) in [6.45, 7) is 0. The van der Waals surface area contributed by atoms with Crippen molar-refractivity contribution in [3.05, 3.63) is 35.5 Å². The van der Waals surface area contributed by atoms with Gasteiger partial charge in [0.2, 0.25) is 0 Å². The lowest BCUT2D eigenvalue weighted by molar-refractivity contribution is -0.138. The van der Waals surface area contributed by atoms with Gasteiger partial charge in [-0.25, -0.2) is 4.79 Å². The molecule has 0 spiro atoms. The predicted octanol–water partition coefficient (Wildman–Crippen LogP) is 2.88. The number of alkyl halides is 3. The number of halogens is 3. The van der Waals surface area contributed by atoms with Crippen LogP contribution in [0.3, 0.4) is 0 Å². The van der Waals surface area contributed by atoms with Gasteiger partial charge in [-0.1, -0.05) is 0 Å². The maximum atomic E-state index is 12.6. The number of aromatic amines is 1. The Morgan fingerprint density at radius 3 is 2.56 bits per heavy atom. The number of carboxylic acid groups (broad SMARTS) is 1. The van der Waals surface area contributed by atoms with Crippen LogP contribution in [0.25, 0.3) is 10.9 Å². The highest BCUT2D eigenvalue weighted by molar-refractivity contribution is 5.95. The van der Waals surface area contributed by atoms with Gasteiger partial charge in [0.05, 0.1) is 11.1 Å². The second-order valence-corrected chi connectivity index (χ2v) is 3.27. The Bertz CT molecular complexity index is 557. The fraction of sp³-hybridized carbons (Fsp3) is 0.100. The molecule has 2 aromatic rings. The van der Waals surface area contributed by atoms with E-state index in [-0.39, 0.29) is 0 Å². The van der Waals surface area contributed by atoms with Crippen LogP contribution in [0.2, 0.25) is 0 Å². The van der Waals surface area contributed by atoms with E-state index < -0.39 is 23.3 Å². The fourth-order valence-electron chi connectivity index (χ4n) is 1.51. The quantitative estimate of drug-likeness (QED) is 0.789. The zero-order valence-electron chi connectivity index (χ0n) is 7.80. The first-order valence-corrected chi connectivity index (χ1v) is 4.31. The van der Waals surface area contributed by atoms with Gasteiger partial charge in [-0.3, -0.25) is 0 Å². The van der Waals surface area contributed by atoms with Crippen LogP contribution in [0, 0.1) is 0 Å². The second-order valence-electron chi connectivity index (χ2n) is 3.27. The average molecular weight is 229 g/mol. The monoisotopic (exact) mass is 229 g/mol. The van der Waals surface area contributed by atoms with Gasteiger partial charge in [0.15, 0.2) is 0 Å². The first-order valence-electron chi connectivity index (χ1n) is 4.31. The minimum atomic E-state index is -4.67. The van der Waals surface area contributed by atoms with E-state index in [9.17, 15) is 18.0 Å². The molecule has 3 nitrogen and oxygen atoms in total. The summed E-state index contributed by atoms with van der Waals surface area (Å²) in [4.78, 5) is 13.4. The van der Waals surface area contributed by atoms with Gasteiger partial charge in [-0.2, -0.15) is 13.2 Å². The molecule has 1 aromatic heterocycles. The Morgan fingerprint density at radius 2 is 2.00 bits per heavy atom. The number of aromatic carboxylic acids is 1. The Labute approximate surface area is 87.5 Å². The third-order valence-corrected chi connectivity index (χ3v) is 2.23. The summed E-state index contributed by atoms with van der Waals surface area (Å²) in [5.74, 6) is -1.59. The van der Waals surface area contributed by atoms with Crippen LogP contribution >= 0.6 is 0 Å². The van der Waals surface area contributed by atoms with E-state index in [1.165, 1.54) is 12.3 Å². The summed E-state index contributed by atoms with van der Waals surface area (Å²) in [5.41, 5.74) is -1.51. The van der Waals surface area contributed by atoms with Crippen molar-refractivity contribution in [2.24, 2.45) is 0 Å². The number of benzene rings is 1. The molecule has 0 saturated heterocycles. The first-order chi connectivity index (χ1) is 7.39. The van der Waals surface area contributed by atoms with E-state index in [4.69, 9.17) is 5.11 Å². The van der Waals surface area contributed by atoms with E-state index in [0.29, 0.717) is 10.9 Å². The number of carbonyl (C=O) groups is 1. The largest absolute Gasteiger partial charge is 0.478 e. The number of nitrogens with one attached hydrogen (secondary N) is 1. The van der Waals surface area contributed by atoms with Gasteiger partial charge in [-0.05, 0) is 18.2 Å². The first kappa shape index (κ1) is 10.5. The maximum absolute atomic E-state index is 12.6. The lowest BCUT2D eigenvalue weighted by atomic mass is 10.0. The van der Waals surface area contributed by atoms with E-state index in [2.05, 4.69) is 4.98 Å². The molecule has 0 saturated carbocycles. The van der Waals surface area contributed by atoms with Crippen molar-refractivity contribution < 1.29 is 23.1 Å². The van der Waals surface area contributed by atoms with Crippen LogP contribution in [0.4, 0.5) is 13.2 Å². The number of hydrogen-bond acceptors (Lipinski definition) is 1.